The zero-order valence-electron chi connectivity index (χ0n) is 6.05. The highest BCUT2D eigenvalue weighted by molar-refractivity contribution is 5.78. The van der Waals surface area contributed by atoms with Gasteiger partial charge in [-0.05, 0) is 6.42 Å². The Morgan fingerprint density at radius 1 is 1.44 bits per heavy atom. The van der Waals surface area contributed by atoms with Crippen molar-refractivity contribution in [2.24, 2.45) is 5.92 Å². The molecule has 0 N–H and O–H groups in total. The summed E-state index contributed by atoms with van der Waals surface area (Å²) in [5, 5.41) is 0. The molecule has 0 radical (unpaired) electrons. The average molecular weight is 127 g/mol. The second kappa shape index (κ2) is 2.38. The summed E-state index contributed by atoms with van der Waals surface area (Å²) in [6.07, 6.45) is 1.19. The van der Waals surface area contributed by atoms with Gasteiger partial charge in [-0.2, -0.15) is 0 Å². The molecular formula is C7H13NO. The zero-order chi connectivity index (χ0) is 6.85. The maximum atomic E-state index is 11.1. The molecule has 2 nitrogen and oxygen atoms in total. The summed E-state index contributed by atoms with van der Waals surface area (Å²) < 4.78 is 0. The highest BCUT2D eigenvalue weighted by Gasteiger charge is 2.21. The first-order chi connectivity index (χ1) is 4.22. The highest BCUT2D eigenvalue weighted by atomic mass is 16.2. The molecule has 1 aliphatic rings. The predicted molar refractivity (Wildman–Crippen MR) is 36.0 cm³/mol. The minimum Gasteiger partial charge on any atom is -0.342 e. The van der Waals surface area contributed by atoms with Gasteiger partial charge in [-0.1, -0.05) is 13.8 Å². The Kier molecular flexibility index (Phi) is 1.74. The SMILES string of the molecule is CC(C)C(=O)N1CCC1. The summed E-state index contributed by atoms with van der Waals surface area (Å²) in [6.45, 7) is 5.86. The molecule has 1 heterocycles. The molecule has 0 aromatic rings. The van der Waals surface area contributed by atoms with Gasteiger partial charge < -0.3 is 4.90 Å². The Bertz CT molecular complexity index is 116. The molecule has 2 heteroatoms. The summed E-state index contributed by atoms with van der Waals surface area (Å²) in [7, 11) is 0. The van der Waals surface area contributed by atoms with Crippen LogP contribution in [-0.2, 0) is 4.79 Å². The van der Waals surface area contributed by atoms with Crippen molar-refractivity contribution >= 4 is 5.91 Å². The minimum absolute atomic E-state index is 0.185. The van der Waals surface area contributed by atoms with E-state index in [9.17, 15) is 4.79 Å². The van der Waals surface area contributed by atoms with Crippen LogP contribution in [0.25, 0.3) is 0 Å². The molecule has 0 aromatic heterocycles. The van der Waals surface area contributed by atoms with Gasteiger partial charge in [0.2, 0.25) is 5.91 Å². The Balaban J connectivity index is 2.32. The molecule has 0 atom stereocenters. The first-order valence-electron chi connectivity index (χ1n) is 3.50. The van der Waals surface area contributed by atoms with Gasteiger partial charge in [-0.25, -0.2) is 0 Å². The topological polar surface area (TPSA) is 20.3 Å². The second-order valence-corrected chi connectivity index (χ2v) is 2.83. The van der Waals surface area contributed by atoms with Crippen LogP contribution in [0.2, 0.25) is 0 Å². The third-order valence-electron chi connectivity index (χ3n) is 1.66. The molecule has 9 heavy (non-hydrogen) atoms. The zero-order valence-corrected chi connectivity index (χ0v) is 6.05. The van der Waals surface area contributed by atoms with E-state index in [2.05, 4.69) is 0 Å². The van der Waals surface area contributed by atoms with Crippen molar-refractivity contribution in [2.45, 2.75) is 20.3 Å². The third kappa shape index (κ3) is 1.23. The average Bonchev–Trinajstić information content (AvgIpc) is 1.60. The molecule has 0 aromatic carbocycles. The number of nitrogens with zero attached hydrogens (tertiary/aromatic N) is 1. The van der Waals surface area contributed by atoms with E-state index in [0.717, 1.165) is 13.1 Å². The summed E-state index contributed by atoms with van der Waals surface area (Å²) in [5.41, 5.74) is 0. The summed E-state index contributed by atoms with van der Waals surface area (Å²) in [5.74, 6) is 0.492. The van der Waals surface area contributed by atoms with Gasteiger partial charge in [-0.15, -0.1) is 0 Å². The van der Waals surface area contributed by atoms with Gasteiger partial charge in [0.25, 0.3) is 0 Å². The van der Waals surface area contributed by atoms with Gasteiger partial charge in [0.15, 0.2) is 0 Å². The van der Waals surface area contributed by atoms with E-state index in [1.54, 1.807) is 0 Å². The number of carbonyl (C=O) groups is 1. The fourth-order valence-corrected chi connectivity index (χ4v) is 0.902. The molecule has 0 aliphatic carbocycles. The predicted octanol–water partition coefficient (Wildman–Crippen LogP) is 0.875. The van der Waals surface area contributed by atoms with Gasteiger partial charge >= 0.3 is 0 Å². The van der Waals surface area contributed by atoms with Gasteiger partial charge in [0.05, 0.1) is 0 Å². The molecule has 0 spiro atoms. The van der Waals surface area contributed by atoms with Crippen LogP contribution in [0.15, 0.2) is 0 Å². The van der Waals surface area contributed by atoms with Crippen LogP contribution in [0.5, 0.6) is 0 Å². The lowest BCUT2D eigenvalue weighted by molar-refractivity contribution is -0.137. The summed E-state index contributed by atoms with van der Waals surface area (Å²) in [6, 6.07) is 0. The van der Waals surface area contributed by atoms with E-state index in [0.29, 0.717) is 5.91 Å². The maximum absolute atomic E-state index is 11.1. The monoisotopic (exact) mass is 127 g/mol. The van der Waals surface area contributed by atoms with Gasteiger partial charge in [0, 0.05) is 19.0 Å². The highest BCUT2D eigenvalue weighted by Crippen LogP contribution is 2.10. The third-order valence-corrected chi connectivity index (χ3v) is 1.66. The van der Waals surface area contributed by atoms with Crippen LogP contribution in [0.4, 0.5) is 0 Å². The van der Waals surface area contributed by atoms with Crippen molar-refractivity contribution in [3.05, 3.63) is 0 Å². The number of amides is 1. The quantitative estimate of drug-likeness (QED) is 0.512. The Hall–Kier alpha value is -0.530. The number of hydrogen-bond acceptors (Lipinski definition) is 1. The number of carbonyl (C=O) groups excluding carboxylic acids is 1. The fourth-order valence-electron chi connectivity index (χ4n) is 0.902. The first kappa shape index (κ1) is 6.59. The molecule has 1 amide bonds. The molecule has 1 fully saturated rings. The standard InChI is InChI=1S/C7H13NO/c1-6(2)7(9)8-4-3-5-8/h6H,3-5H2,1-2H3. The lowest BCUT2D eigenvalue weighted by atomic mass is 10.1. The number of likely N-dealkylation sites (tertiary alicyclic amines) is 1. The van der Waals surface area contributed by atoms with E-state index < -0.39 is 0 Å². The van der Waals surface area contributed by atoms with Crippen LogP contribution >= 0.6 is 0 Å². The van der Waals surface area contributed by atoms with Crippen LogP contribution in [0, 0.1) is 5.92 Å². The molecule has 0 saturated carbocycles. The Morgan fingerprint density at radius 2 is 2.00 bits per heavy atom. The molecule has 1 aliphatic heterocycles. The van der Waals surface area contributed by atoms with Gasteiger partial charge in [0.1, 0.15) is 0 Å². The van der Waals surface area contributed by atoms with Crippen LogP contribution < -0.4 is 0 Å². The van der Waals surface area contributed by atoms with Crippen molar-refractivity contribution in [2.75, 3.05) is 13.1 Å². The smallest absolute Gasteiger partial charge is 0.225 e. The van der Waals surface area contributed by atoms with E-state index in [-0.39, 0.29) is 5.92 Å². The molecular weight excluding hydrogens is 114 g/mol. The molecule has 1 saturated heterocycles. The van der Waals surface area contributed by atoms with Gasteiger partial charge in [-0.3, -0.25) is 4.79 Å². The Morgan fingerprint density at radius 3 is 2.11 bits per heavy atom. The van der Waals surface area contributed by atoms with E-state index in [4.69, 9.17) is 0 Å². The summed E-state index contributed by atoms with van der Waals surface area (Å²) >= 11 is 0. The van der Waals surface area contributed by atoms with Crippen molar-refractivity contribution < 1.29 is 4.79 Å². The minimum atomic E-state index is 0.185. The first-order valence-corrected chi connectivity index (χ1v) is 3.50. The molecule has 52 valence electrons. The van der Waals surface area contributed by atoms with Crippen LogP contribution in [-0.4, -0.2) is 23.9 Å². The maximum Gasteiger partial charge on any atom is 0.225 e. The largest absolute Gasteiger partial charge is 0.342 e. The van der Waals surface area contributed by atoms with E-state index >= 15 is 0 Å². The van der Waals surface area contributed by atoms with Crippen LogP contribution in [0.3, 0.4) is 0 Å². The van der Waals surface area contributed by atoms with Crippen molar-refractivity contribution in [3.63, 3.8) is 0 Å². The van der Waals surface area contributed by atoms with Crippen LogP contribution in [0.1, 0.15) is 20.3 Å². The van der Waals surface area contributed by atoms with E-state index in [1.165, 1.54) is 6.42 Å². The lowest BCUT2D eigenvalue weighted by Crippen LogP contribution is -2.44. The lowest BCUT2D eigenvalue weighted by Gasteiger charge is -2.32. The fraction of sp³-hybridized carbons (Fsp3) is 0.857. The Labute approximate surface area is 55.8 Å². The van der Waals surface area contributed by atoms with E-state index in [1.807, 2.05) is 18.7 Å². The second-order valence-electron chi connectivity index (χ2n) is 2.83. The normalized spacial score (nSPS) is 17.9. The molecule has 0 bridgehead atoms. The van der Waals surface area contributed by atoms with Crippen molar-refractivity contribution in [1.82, 2.24) is 4.90 Å². The molecule has 0 unspecified atom stereocenters. The van der Waals surface area contributed by atoms with Crippen molar-refractivity contribution in [3.8, 4) is 0 Å². The molecule has 1 rings (SSSR count). The summed E-state index contributed by atoms with van der Waals surface area (Å²) in [4.78, 5) is 13.0. The van der Waals surface area contributed by atoms with Crippen molar-refractivity contribution in [1.29, 1.82) is 0 Å². The number of rotatable bonds is 1. The number of hydrogen-bond donors (Lipinski definition) is 0.